The van der Waals surface area contributed by atoms with E-state index >= 15 is 0 Å². The number of imidazole rings is 1. The number of anilines is 2. The highest BCUT2D eigenvalue weighted by atomic mass is 19.3. The molecule has 2 rings (SSSR count). The molecule has 0 saturated heterocycles. The number of amides is 1. The van der Waals surface area contributed by atoms with E-state index in [-0.39, 0.29) is 18.3 Å². The monoisotopic (exact) mass is 280 g/mol. The highest BCUT2D eigenvalue weighted by Crippen LogP contribution is 2.16. The molecule has 1 aromatic heterocycles. The Labute approximate surface area is 114 Å². The van der Waals surface area contributed by atoms with E-state index in [1.165, 1.54) is 19.3 Å². The van der Waals surface area contributed by atoms with Crippen LogP contribution < -0.4 is 10.6 Å². The van der Waals surface area contributed by atoms with Gasteiger partial charge in [0.2, 0.25) is 5.91 Å². The number of nitrogens with zero attached hydrogens (tertiary/aromatic N) is 2. The van der Waals surface area contributed by atoms with Crippen molar-refractivity contribution < 1.29 is 13.6 Å². The van der Waals surface area contributed by atoms with Crippen LogP contribution in [0.1, 0.15) is 19.3 Å². The first-order chi connectivity index (χ1) is 9.56. The summed E-state index contributed by atoms with van der Waals surface area (Å²) in [5.74, 6) is 0.107. The van der Waals surface area contributed by atoms with Crippen LogP contribution in [0.15, 0.2) is 36.7 Å². The van der Waals surface area contributed by atoms with E-state index < -0.39 is 6.55 Å². The van der Waals surface area contributed by atoms with Gasteiger partial charge in [0.15, 0.2) is 0 Å². The van der Waals surface area contributed by atoms with Crippen LogP contribution in [0, 0.1) is 0 Å². The maximum Gasteiger partial charge on any atom is 0.319 e. The van der Waals surface area contributed by atoms with Crippen LogP contribution in [0.5, 0.6) is 0 Å². The summed E-state index contributed by atoms with van der Waals surface area (Å²) in [6.07, 6.45) is 2.57. The summed E-state index contributed by atoms with van der Waals surface area (Å²) in [7, 11) is 0. The fourth-order valence-corrected chi connectivity index (χ4v) is 1.71. The zero-order valence-electron chi connectivity index (χ0n) is 10.8. The number of rotatable bonds is 5. The summed E-state index contributed by atoms with van der Waals surface area (Å²) in [5, 5.41) is 5.64. The minimum Gasteiger partial charge on any atom is -0.378 e. The fraction of sp³-hybridized carbons (Fsp3) is 0.231. The molecule has 5 nitrogen and oxygen atoms in total. The van der Waals surface area contributed by atoms with Crippen LogP contribution in [0.3, 0.4) is 0 Å². The van der Waals surface area contributed by atoms with Gasteiger partial charge in [0, 0.05) is 30.7 Å². The van der Waals surface area contributed by atoms with Crippen molar-refractivity contribution in [1.29, 1.82) is 0 Å². The molecule has 20 heavy (non-hydrogen) atoms. The van der Waals surface area contributed by atoms with Crippen molar-refractivity contribution in [2.45, 2.75) is 20.0 Å². The van der Waals surface area contributed by atoms with E-state index in [1.54, 1.807) is 24.3 Å². The first kappa shape index (κ1) is 14.0. The molecule has 1 aromatic carbocycles. The van der Waals surface area contributed by atoms with Gasteiger partial charge >= 0.3 is 6.55 Å². The smallest absolute Gasteiger partial charge is 0.319 e. The first-order valence-corrected chi connectivity index (χ1v) is 5.97. The van der Waals surface area contributed by atoms with E-state index in [0.717, 1.165) is 10.3 Å². The summed E-state index contributed by atoms with van der Waals surface area (Å²) < 4.78 is 26.0. The number of carbonyl (C=O) groups is 1. The molecule has 1 amide bonds. The molecule has 1 heterocycles. The van der Waals surface area contributed by atoms with Crippen LogP contribution in [-0.2, 0) is 11.3 Å². The average Bonchev–Trinajstić information content (AvgIpc) is 2.86. The van der Waals surface area contributed by atoms with Crippen molar-refractivity contribution in [1.82, 2.24) is 9.55 Å². The van der Waals surface area contributed by atoms with E-state index in [4.69, 9.17) is 0 Å². The second-order valence-electron chi connectivity index (χ2n) is 4.14. The van der Waals surface area contributed by atoms with Crippen molar-refractivity contribution in [3.8, 4) is 0 Å². The fourth-order valence-electron chi connectivity index (χ4n) is 1.71. The van der Waals surface area contributed by atoms with Gasteiger partial charge < -0.3 is 10.6 Å². The normalized spacial score (nSPS) is 10.6. The van der Waals surface area contributed by atoms with E-state index in [2.05, 4.69) is 15.6 Å². The molecule has 0 aliphatic carbocycles. The molecule has 0 unspecified atom stereocenters. The van der Waals surface area contributed by atoms with Crippen molar-refractivity contribution >= 4 is 17.3 Å². The lowest BCUT2D eigenvalue weighted by Gasteiger charge is -2.09. The van der Waals surface area contributed by atoms with Gasteiger partial charge in [0.05, 0.1) is 6.54 Å². The number of carbonyl (C=O) groups excluding carboxylic acids is 1. The Bertz CT molecular complexity index is 580. The van der Waals surface area contributed by atoms with Crippen molar-refractivity contribution in [3.05, 3.63) is 42.5 Å². The number of hydrogen-bond acceptors (Lipinski definition) is 3. The summed E-state index contributed by atoms with van der Waals surface area (Å²) >= 11 is 0. The van der Waals surface area contributed by atoms with Gasteiger partial charge in [-0.15, -0.1) is 0 Å². The second kappa shape index (κ2) is 6.14. The van der Waals surface area contributed by atoms with Crippen LogP contribution >= 0.6 is 0 Å². The summed E-state index contributed by atoms with van der Waals surface area (Å²) in [5.41, 5.74) is 1.43. The van der Waals surface area contributed by atoms with Crippen LogP contribution in [0.25, 0.3) is 0 Å². The zero-order valence-corrected chi connectivity index (χ0v) is 10.8. The molecule has 2 N–H and O–H groups in total. The molecule has 0 saturated carbocycles. The number of hydrogen-bond donors (Lipinski definition) is 2. The van der Waals surface area contributed by atoms with Crippen molar-refractivity contribution in [2.24, 2.45) is 0 Å². The zero-order chi connectivity index (χ0) is 14.5. The molecule has 0 atom stereocenters. The molecule has 0 fully saturated rings. The second-order valence-corrected chi connectivity index (χ2v) is 4.14. The highest BCUT2D eigenvalue weighted by molar-refractivity contribution is 5.88. The lowest BCUT2D eigenvalue weighted by atomic mass is 10.2. The standard InChI is InChI=1S/C13H14F2N4O/c1-9(20)18-11-4-2-10(3-5-11)17-8-12-16-6-7-19(12)13(14)15/h2-7,13,17H,8H2,1H3,(H,18,20). The van der Waals surface area contributed by atoms with Gasteiger partial charge in [-0.25, -0.2) is 4.98 Å². The molecular formula is C13H14F2N4O. The topological polar surface area (TPSA) is 59.0 Å². The van der Waals surface area contributed by atoms with E-state index in [9.17, 15) is 13.6 Å². The van der Waals surface area contributed by atoms with Gasteiger partial charge in [-0.05, 0) is 24.3 Å². The Morgan fingerprint density at radius 1 is 1.30 bits per heavy atom. The third kappa shape index (κ3) is 3.53. The third-order valence-electron chi connectivity index (χ3n) is 2.62. The molecule has 0 radical (unpaired) electrons. The predicted octanol–water partition coefficient (Wildman–Crippen LogP) is 2.85. The van der Waals surface area contributed by atoms with Crippen molar-refractivity contribution in [3.63, 3.8) is 0 Å². The molecular weight excluding hydrogens is 266 g/mol. The summed E-state index contributed by atoms with van der Waals surface area (Å²) in [4.78, 5) is 14.7. The van der Waals surface area contributed by atoms with Gasteiger partial charge in [-0.1, -0.05) is 0 Å². The van der Waals surface area contributed by atoms with E-state index in [1.807, 2.05) is 0 Å². The van der Waals surface area contributed by atoms with Gasteiger partial charge in [-0.3, -0.25) is 9.36 Å². The van der Waals surface area contributed by atoms with Crippen LogP contribution in [0.4, 0.5) is 20.2 Å². The van der Waals surface area contributed by atoms with Crippen molar-refractivity contribution in [2.75, 3.05) is 10.6 Å². The maximum absolute atomic E-state index is 12.6. The number of alkyl halides is 2. The third-order valence-corrected chi connectivity index (χ3v) is 2.62. The number of halogens is 2. The Balaban J connectivity index is 1.97. The Hall–Kier alpha value is -2.44. The minimum absolute atomic E-state index is 0.148. The van der Waals surface area contributed by atoms with Gasteiger partial charge in [0.1, 0.15) is 5.82 Å². The Kier molecular flexibility index (Phi) is 4.29. The maximum atomic E-state index is 12.6. The average molecular weight is 280 g/mol. The minimum atomic E-state index is -2.60. The molecule has 7 heteroatoms. The summed E-state index contributed by atoms with van der Waals surface area (Å²) in [6.45, 7) is -0.982. The molecule has 0 spiro atoms. The largest absolute Gasteiger partial charge is 0.378 e. The highest BCUT2D eigenvalue weighted by Gasteiger charge is 2.10. The number of nitrogens with one attached hydrogen (secondary N) is 2. The quantitative estimate of drug-likeness (QED) is 0.885. The van der Waals surface area contributed by atoms with Crippen LogP contribution in [0.2, 0.25) is 0 Å². The molecule has 2 aromatic rings. The summed E-state index contributed by atoms with van der Waals surface area (Å²) in [6, 6.07) is 6.95. The molecule has 0 bridgehead atoms. The molecule has 106 valence electrons. The lowest BCUT2D eigenvalue weighted by molar-refractivity contribution is -0.114. The first-order valence-electron chi connectivity index (χ1n) is 5.97. The Morgan fingerprint density at radius 3 is 2.55 bits per heavy atom. The van der Waals surface area contributed by atoms with Crippen LogP contribution in [-0.4, -0.2) is 15.5 Å². The number of aromatic nitrogens is 2. The SMILES string of the molecule is CC(=O)Nc1ccc(NCc2nccn2C(F)F)cc1. The molecule has 0 aliphatic heterocycles. The lowest BCUT2D eigenvalue weighted by Crippen LogP contribution is -2.09. The predicted molar refractivity (Wildman–Crippen MR) is 71.6 cm³/mol. The van der Waals surface area contributed by atoms with E-state index in [0.29, 0.717) is 5.69 Å². The van der Waals surface area contributed by atoms with Gasteiger partial charge in [0.25, 0.3) is 0 Å². The van der Waals surface area contributed by atoms with Gasteiger partial charge in [-0.2, -0.15) is 8.78 Å². The molecule has 0 aliphatic rings. The Morgan fingerprint density at radius 2 is 1.95 bits per heavy atom. The number of benzene rings is 1.